The SMILES string of the molecule is CCCC[S][Ge]([CH2]CCC)[CH2]CCC.CCCC[S][Ge]([CH2]CCC)[CH2]CCC.CCC[CH2][Ge][CH2]CCC.CCC[CH2][Ge][CH2]CCC. The Labute approximate surface area is 325 Å². The van der Waals surface area contributed by atoms with E-state index in [9.17, 15) is 0 Å². The normalized spacial score (nSPS) is 10.7. The summed E-state index contributed by atoms with van der Waals surface area (Å²) in [4.78, 5) is 0. The molecule has 46 heavy (non-hydrogen) atoms. The number of hydrogen-bond donors (Lipinski definition) is 0. The van der Waals surface area contributed by atoms with Gasteiger partial charge >= 0.3 is 329 Å². The zero-order chi connectivity index (χ0) is 35.2. The first-order chi connectivity index (χ1) is 22.5. The van der Waals surface area contributed by atoms with Gasteiger partial charge in [-0.1, -0.05) is 0 Å². The molecular weight excluding hydrogens is 835 g/mol. The van der Waals surface area contributed by atoms with Crippen LogP contribution in [-0.2, 0) is 0 Å². The van der Waals surface area contributed by atoms with E-state index in [0.717, 1.165) is 0 Å². The van der Waals surface area contributed by atoms with Gasteiger partial charge in [-0.25, -0.2) is 0 Å². The van der Waals surface area contributed by atoms with Crippen LogP contribution in [0.1, 0.15) is 198 Å². The molecule has 0 aliphatic heterocycles. The quantitative estimate of drug-likeness (QED) is 0.0487. The second-order valence-electron chi connectivity index (χ2n) is 12.8. The van der Waals surface area contributed by atoms with E-state index in [1.807, 2.05) is 0 Å². The molecule has 0 rings (SSSR count). The Balaban J connectivity index is -0.000000261. The molecule has 0 bridgehead atoms. The fraction of sp³-hybridized carbons (Fsp3) is 1.00. The summed E-state index contributed by atoms with van der Waals surface area (Å²) in [7, 11) is 4.79. The van der Waals surface area contributed by atoms with Crippen LogP contribution in [0.3, 0.4) is 0 Å². The van der Waals surface area contributed by atoms with Crippen LogP contribution in [0.25, 0.3) is 0 Å². The Morgan fingerprint density at radius 3 is 0.717 bits per heavy atom. The fourth-order valence-electron chi connectivity index (χ4n) is 4.21. The average molecular weight is 926 g/mol. The van der Waals surface area contributed by atoms with E-state index in [1.165, 1.54) is 140 Å². The molecule has 0 N–H and O–H groups in total. The third-order valence-electron chi connectivity index (χ3n) is 7.67. The third kappa shape index (κ3) is 59.0. The van der Waals surface area contributed by atoms with Crippen molar-refractivity contribution in [3.63, 3.8) is 0 Å². The first-order valence-electron chi connectivity index (χ1n) is 20.9. The van der Waals surface area contributed by atoms with E-state index >= 15 is 0 Å². The van der Waals surface area contributed by atoms with E-state index in [2.05, 4.69) is 89.4 Å². The van der Waals surface area contributed by atoms with Crippen molar-refractivity contribution in [1.82, 2.24) is 0 Å². The van der Waals surface area contributed by atoms with Crippen molar-refractivity contribution >= 4 is 77.5 Å². The maximum atomic E-state index is 2.39. The minimum absolute atomic E-state index is 0.496. The van der Waals surface area contributed by atoms with Crippen molar-refractivity contribution in [1.29, 1.82) is 0 Å². The van der Waals surface area contributed by atoms with Gasteiger partial charge in [0.15, 0.2) is 0 Å². The van der Waals surface area contributed by atoms with E-state index in [-0.39, 0.29) is 0 Å². The van der Waals surface area contributed by atoms with Crippen LogP contribution in [0.5, 0.6) is 0 Å². The van der Waals surface area contributed by atoms with Gasteiger partial charge < -0.3 is 0 Å². The van der Waals surface area contributed by atoms with Crippen molar-refractivity contribution in [3.05, 3.63) is 0 Å². The van der Waals surface area contributed by atoms with Gasteiger partial charge in [-0.15, -0.1) is 0 Å². The van der Waals surface area contributed by atoms with Crippen molar-refractivity contribution in [3.8, 4) is 0 Å². The van der Waals surface area contributed by atoms with Gasteiger partial charge in [0.25, 0.3) is 0 Å². The third-order valence-corrected chi connectivity index (χ3v) is 35.0. The van der Waals surface area contributed by atoms with Crippen molar-refractivity contribution in [2.24, 2.45) is 0 Å². The Morgan fingerprint density at radius 2 is 0.522 bits per heavy atom. The fourth-order valence-corrected chi connectivity index (χ4v) is 31.8. The molecule has 6 heteroatoms. The number of rotatable bonds is 32. The Kier molecular flexibility index (Phi) is 69.2. The number of hydrogen-bond acceptors (Lipinski definition) is 2. The monoisotopic (exact) mass is 930 g/mol. The molecule has 0 aromatic heterocycles. The van der Waals surface area contributed by atoms with Gasteiger partial charge in [0.1, 0.15) is 0 Å². The average Bonchev–Trinajstić information content (AvgIpc) is 3.07. The van der Waals surface area contributed by atoms with Crippen LogP contribution in [0, 0.1) is 0 Å². The second kappa shape index (κ2) is 57.2. The maximum absolute atomic E-state index is 2.39. The van der Waals surface area contributed by atoms with Crippen LogP contribution in [-0.4, -0.2) is 68.8 Å². The van der Waals surface area contributed by atoms with Crippen molar-refractivity contribution in [2.75, 3.05) is 11.5 Å². The first-order valence-corrected chi connectivity index (χ1v) is 39.9. The molecule has 0 amide bonds. The van der Waals surface area contributed by atoms with E-state index < -0.39 is 26.4 Å². The molecule has 0 fully saturated rings. The molecular formula is C40H90Ge4S2. The molecule has 0 saturated carbocycles. The molecule has 0 aliphatic rings. The molecule has 0 aromatic rings. The molecule has 0 atom stereocenters. The zero-order valence-electron chi connectivity index (χ0n) is 34.0. The van der Waals surface area contributed by atoms with Crippen LogP contribution in [0.4, 0.5) is 0 Å². The summed E-state index contributed by atoms with van der Waals surface area (Å²) < 4.78 is 0. The zero-order valence-corrected chi connectivity index (χ0v) is 44.1. The van der Waals surface area contributed by atoms with Crippen LogP contribution in [0.2, 0.25) is 42.0 Å². The molecule has 0 nitrogen and oxygen atoms in total. The minimum atomic E-state index is -0.653. The summed E-state index contributed by atoms with van der Waals surface area (Å²) in [6.45, 7) is 23.0. The predicted molar refractivity (Wildman–Crippen MR) is 235 cm³/mol. The molecule has 0 heterocycles. The molecule has 0 saturated heterocycles. The summed E-state index contributed by atoms with van der Waals surface area (Å²) >= 11 is -0.313. The molecule has 0 spiro atoms. The van der Waals surface area contributed by atoms with E-state index in [1.54, 1.807) is 42.0 Å². The predicted octanol–water partition coefficient (Wildman–Crippen LogP) is 16.5. The molecule has 6 radical (unpaired) electrons. The second-order valence-corrected chi connectivity index (χ2v) is 38.8. The topological polar surface area (TPSA) is 0 Å². The Bertz CT molecular complexity index is 389. The summed E-state index contributed by atoms with van der Waals surface area (Å²) in [5.74, 6) is 2.92. The number of unbranched alkanes of at least 4 members (excludes halogenated alkanes) is 10. The standard InChI is InChI=1S/2C12H27GeS.2C8H18Ge/c2*1-4-7-10-13(11-8-5-2)14-12-9-6-3;2*1-3-5-7-9-8-6-4-2/h2*4-12H2,1-3H3;2*3-8H2,1-2H3. The van der Waals surface area contributed by atoms with Crippen LogP contribution >= 0.6 is 20.2 Å². The van der Waals surface area contributed by atoms with Gasteiger partial charge in [0.05, 0.1) is 0 Å². The summed E-state index contributed by atoms with van der Waals surface area (Å²) in [6.07, 6.45) is 28.8. The summed E-state index contributed by atoms with van der Waals surface area (Å²) in [6, 6.07) is 0. The van der Waals surface area contributed by atoms with Crippen LogP contribution < -0.4 is 0 Å². The Hall–Kier alpha value is 2.87. The summed E-state index contributed by atoms with van der Waals surface area (Å²) in [5, 5.41) is 12.8. The van der Waals surface area contributed by atoms with Gasteiger partial charge in [0.2, 0.25) is 0 Å². The molecule has 0 aliphatic carbocycles. The van der Waals surface area contributed by atoms with Crippen molar-refractivity contribution < 1.29 is 0 Å². The van der Waals surface area contributed by atoms with Gasteiger partial charge in [-0.3, -0.25) is 0 Å². The van der Waals surface area contributed by atoms with Gasteiger partial charge in [0, 0.05) is 0 Å². The van der Waals surface area contributed by atoms with Crippen molar-refractivity contribution in [2.45, 2.75) is 240 Å². The summed E-state index contributed by atoms with van der Waals surface area (Å²) in [5.41, 5.74) is 0. The first kappa shape index (κ1) is 55.6. The van der Waals surface area contributed by atoms with Gasteiger partial charge in [-0.2, -0.15) is 0 Å². The van der Waals surface area contributed by atoms with E-state index in [4.69, 9.17) is 0 Å². The van der Waals surface area contributed by atoms with Crippen LogP contribution in [0.15, 0.2) is 0 Å². The van der Waals surface area contributed by atoms with E-state index in [0.29, 0.717) is 30.9 Å². The molecule has 0 aromatic carbocycles. The molecule has 278 valence electrons. The Morgan fingerprint density at radius 1 is 0.304 bits per heavy atom. The molecule has 0 unspecified atom stereocenters. The van der Waals surface area contributed by atoms with Gasteiger partial charge in [-0.05, 0) is 0 Å².